The third-order valence-electron chi connectivity index (χ3n) is 10.0. The molecule has 0 unspecified atom stereocenters. The molecule has 4 heterocycles. The summed E-state index contributed by atoms with van der Waals surface area (Å²) in [5.74, 6) is 1.01. The first-order chi connectivity index (χ1) is 18.3. The molecule has 38 heavy (non-hydrogen) atoms. The number of nitrogens with one attached hydrogen (secondary N) is 4. The summed E-state index contributed by atoms with van der Waals surface area (Å²) in [6.07, 6.45) is 8.88. The molecule has 0 aromatic carbocycles. The van der Waals surface area contributed by atoms with Gasteiger partial charge in [0.2, 0.25) is 0 Å². The summed E-state index contributed by atoms with van der Waals surface area (Å²) in [7, 11) is 0. The average Bonchev–Trinajstić information content (AvgIpc) is 3.61. The fourth-order valence-corrected chi connectivity index (χ4v) is 8.66. The summed E-state index contributed by atoms with van der Waals surface area (Å²) in [5.41, 5.74) is 23.7. The van der Waals surface area contributed by atoms with Gasteiger partial charge < -0.3 is 19.9 Å². The molecule has 4 heteroatoms. The number of aryl methyl sites for hydroxylation is 4. The van der Waals surface area contributed by atoms with Gasteiger partial charge in [-0.3, -0.25) is 0 Å². The Bertz CT molecular complexity index is 1400. The molecular weight excluding hydrogens is 464 g/mol. The molecule has 0 spiro atoms. The quantitative estimate of drug-likeness (QED) is 0.185. The molecule has 4 nitrogen and oxygen atoms in total. The Morgan fingerprint density at radius 2 is 0.789 bits per heavy atom. The molecule has 0 radical (unpaired) electrons. The lowest BCUT2D eigenvalue weighted by atomic mass is 9.63. The van der Waals surface area contributed by atoms with E-state index in [0.29, 0.717) is 11.8 Å². The fraction of sp³-hybridized carbons (Fsp3) is 0.529. The van der Waals surface area contributed by atoms with Crippen molar-refractivity contribution in [2.75, 3.05) is 0 Å². The second-order valence-electron chi connectivity index (χ2n) is 11.9. The van der Waals surface area contributed by atoms with Gasteiger partial charge in [-0.05, 0) is 111 Å². The van der Waals surface area contributed by atoms with Crippen LogP contribution in [0.15, 0.2) is 0 Å². The number of hydrogen-bond acceptors (Lipinski definition) is 0. The molecule has 0 saturated heterocycles. The molecular formula is C34H46N4. The first-order valence-electron chi connectivity index (χ1n) is 15.1. The van der Waals surface area contributed by atoms with Crippen molar-refractivity contribution < 1.29 is 0 Å². The van der Waals surface area contributed by atoms with Gasteiger partial charge in [-0.15, -0.1) is 0 Å². The van der Waals surface area contributed by atoms with E-state index in [1.54, 1.807) is 22.3 Å². The van der Waals surface area contributed by atoms with Crippen LogP contribution in [0.25, 0.3) is 0 Å². The molecule has 0 amide bonds. The lowest BCUT2D eigenvalue weighted by Crippen LogP contribution is -2.25. The van der Waals surface area contributed by atoms with Crippen molar-refractivity contribution in [3.63, 3.8) is 0 Å². The van der Waals surface area contributed by atoms with Gasteiger partial charge in [0.15, 0.2) is 0 Å². The number of aromatic nitrogens is 4. The largest absolute Gasteiger partial charge is 0.362 e. The molecule has 0 fully saturated rings. The highest BCUT2D eigenvalue weighted by Crippen LogP contribution is 2.57. The van der Waals surface area contributed by atoms with Gasteiger partial charge in [-0.25, -0.2) is 0 Å². The minimum atomic E-state index is 0.489. The maximum Gasteiger partial charge on any atom is 0.0284 e. The van der Waals surface area contributed by atoms with Crippen LogP contribution in [0.3, 0.4) is 0 Å². The highest BCUT2D eigenvalue weighted by atomic mass is 14.8. The zero-order valence-electron chi connectivity index (χ0n) is 24.8. The molecule has 7 rings (SSSR count). The molecule has 4 N–H and O–H groups in total. The fourth-order valence-electron chi connectivity index (χ4n) is 8.66. The normalized spacial score (nSPS) is 17.9. The predicted octanol–water partition coefficient (Wildman–Crippen LogP) is 8.03. The van der Waals surface area contributed by atoms with Gasteiger partial charge in [0.1, 0.15) is 0 Å². The molecule has 4 aromatic rings. The van der Waals surface area contributed by atoms with Crippen LogP contribution < -0.4 is 0 Å². The minimum Gasteiger partial charge on any atom is -0.362 e. The maximum atomic E-state index is 3.92. The van der Waals surface area contributed by atoms with Crippen molar-refractivity contribution in [3.8, 4) is 0 Å². The first kappa shape index (κ1) is 25.4. The van der Waals surface area contributed by atoms with Crippen LogP contribution in [-0.4, -0.2) is 19.9 Å². The number of H-pyrrole nitrogens is 4. The maximum absolute atomic E-state index is 3.92. The number of fused-ring (bicyclic) bond motifs is 1. The second-order valence-corrected chi connectivity index (χ2v) is 11.9. The van der Waals surface area contributed by atoms with Gasteiger partial charge in [-0.1, -0.05) is 27.7 Å². The summed E-state index contributed by atoms with van der Waals surface area (Å²) in [6.45, 7) is 18.3. The van der Waals surface area contributed by atoms with E-state index in [1.807, 2.05) is 0 Å². The highest BCUT2D eigenvalue weighted by molar-refractivity contribution is 5.63. The molecule has 2 bridgehead atoms. The summed E-state index contributed by atoms with van der Waals surface area (Å²) in [4.78, 5) is 15.4. The van der Waals surface area contributed by atoms with E-state index in [2.05, 4.69) is 75.3 Å². The molecule has 0 saturated carbocycles. The Kier molecular flexibility index (Phi) is 6.28. The second kappa shape index (κ2) is 9.39. The Hall–Kier alpha value is -2.88. The summed E-state index contributed by atoms with van der Waals surface area (Å²) < 4.78 is 0. The van der Waals surface area contributed by atoms with Gasteiger partial charge in [0.25, 0.3) is 0 Å². The topological polar surface area (TPSA) is 63.2 Å². The van der Waals surface area contributed by atoms with Crippen molar-refractivity contribution in [3.05, 3.63) is 90.1 Å². The van der Waals surface area contributed by atoms with Crippen molar-refractivity contribution >= 4 is 0 Å². The minimum absolute atomic E-state index is 0.489. The van der Waals surface area contributed by atoms with E-state index in [0.717, 1.165) is 38.5 Å². The van der Waals surface area contributed by atoms with Gasteiger partial charge in [-0.2, -0.15) is 0 Å². The number of aromatic amines is 4. The monoisotopic (exact) mass is 510 g/mol. The van der Waals surface area contributed by atoms with Crippen LogP contribution in [0.4, 0.5) is 0 Å². The van der Waals surface area contributed by atoms with Crippen LogP contribution in [0, 0.1) is 27.7 Å². The number of hydrogen-bond donors (Lipinski definition) is 4. The van der Waals surface area contributed by atoms with Gasteiger partial charge in [0.05, 0.1) is 0 Å². The predicted molar refractivity (Wildman–Crippen MR) is 158 cm³/mol. The van der Waals surface area contributed by atoms with E-state index in [9.17, 15) is 0 Å². The van der Waals surface area contributed by atoms with Gasteiger partial charge >= 0.3 is 0 Å². The lowest BCUT2D eigenvalue weighted by molar-refractivity contribution is 0.517. The number of rotatable bonds is 8. The van der Waals surface area contributed by atoms with E-state index < -0.39 is 0 Å². The van der Waals surface area contributed by atoms with Crippen molar-refractivity contribution in [2.24, 2.45) is 0 Å². The summed E-state index contributed by atoms with van der Waals surface area (Å²) in [5, 5.41) is 0. The summed E-state index contributed by atoms with van der Waals surface area (Å²) >= 11 is 0. The van der Waals surface area contributed by atoms with Crippen LogP contribution in [0.1, 0.15) is 142 Å². The Morgan fingerprint density at radius 1 is 0.447 bits per heavy atom. The van der Waals surface area contributed by atoms with Gasteiger partial charge in [0, 0.05) is 70.2 Å². The Morgan fingerprint density at radius 3 is 1.16 bits per heavy atom. The summed E-state index contributed by atoms with van der Waals surface area (Å²) in [6, 6.07) is 0. The molecule has 0 atom stereocenters. The van der Waals surface area contributed by atoms with E-state index in [4.69, 9.17) is 0 Å². The molecule has 4 aromatic heterocycles. The van der Waals surface area contributed by atoms with Crippen LogP contribution in [0.5, 0.6) is 0 Å². The first-order valence-corrected chi connectivity index (χ1v) is 15.1. The van der Waals surface area contributed by atoms with E-state index in [1.165, 1.54) is 80.6 Å². The van der Waals surface area contributed by atoms with E-state index >= 15 is 0 Å². The Labute approximate surface area is 228 Å². The van der Waals surface area contributed by atoms with Crippen molar-refractivity contribution in [1.29, 1.82) is 0 Å². The zero-order chi connectivity index (χ0) is 26.9. The third-order valence-corrected chi connectivity index (χ3v) is 10.0. The SMILES string of the molecule is CCc1c(C)[nH]c(Cc2[nH]c(C)c3c2C2CCC3c3c(C)[nH]c(Cc4[nH]c(C)c(CC)c4CC)c32)c1CC. The van der Waals surface area contributed by atoms with Crippen molar-refractivity contribution in [1.82, 2.24) is 19.9 Å². The third kappa shape index (κ3) is 3.55. The Balaban J connectivity index is 1.44. The van der Waals surface area contributed by atoms with Crippen LogP contribution >= 0.6 is 0 Å². The highest BCUT2D eigenvalue weighted by Gasteiger charge is 2.44. The zero-order valence-corrected chi connectivity index (χ0v) is 24.8. The standard InChI is InChI=1S/C34H46N4/c1-9-21-17(5)35-27(23(21)11-3)15-29-33-26-14-13-25(31(33)19(7)37-29)32-20(8)38-30(34(26)32)16-28-24(12-4)22(10-2)18(6)36-28/h25-26,35-38H,9-16H2,1-8H3. The molecule has 202 valence electrons. The van der Waals surface area contributed by atoms with Crippen LogP contribution in [-0.2, 0) is 38.5 Å². The van der Waals surface area contributed by atoms with E-state index in [-0.39, 0.29) is 0 Å². The average molecular weight is 511 g/mol. The van der Waals surface area contributed by atoms with Crippen LogP contribution in [0.2, 0.25) is 0 Å². The smallest absolute Gasteiger partial charge is 0.0284 e. The molecule has 3 aliphatic carbocycles. The lowest BCUT2D eigenvalue weighted by Gasteiger charge is -2.39. The molecule has 3 aliphatic rings. The molecule has 0 aliphatic heterocycles. The van der Waals surface area contributed by atoms with Crippen molar-refractivity contribution in [2.45, 2.75) is 119 Å².